The Labute approximate surface area is 122 Å². The summed E-state index contributed by atoms with van der Waals surface area (Å²) in [5.74, 6) is 0.941. The monoisotopic (exact) mass is 274 g/mol. The van der Waals surface area contributed by atoms with E-state index in [4.69, 9.17) is 4.74 Å². The molecule has 1 aromatic carbocycles. The lowest BCUT2D eigenvalue weighted by atomic mass is 9.86. The molecule has 1 saturated carbocycles. The largest absolute Gasteiger partial charge is 0.497 e. The van der Waals surface area contributed by atoms with Crippen molar-refractivity contribution in [3.63, 3.8) is 0 Å². The van der Waals surface area contributed by atoms with Crippen LogP contribution in [0.25, 0.3) is 0 Å². The van der Waals surface area contributed by atoms with Crippen molar-refractivity contribution in [3.8, 4) is 5.75 Å². The molecule has 0 unspecified atom stereocenters. The minimum absolute atomic E-state index is 0.494. The Bertz CT molecular complexity index is 429. The van der Waals surface area contributed by atoms with Crippen molar-refractivity contribution in [2.75, 3.05) is 20.2 Å². The molecule has 1 heterocycles. The summed E-state index contributed by atoms with van der Waals surface area (Å²) in [7, 11) is 1.72. The zero-order chi connectivity index (χ0) is 13.9. The van der Waals surface area contributed by atoms with Gasteiger partial charge in [-0.1, -0.05) is 25.0 Å². The molecule has 0 spiro atoms. The molecule has 2 fully saturated rings. The number of rotatable bonds is 3. The van der Waals surface area contributed by atoms with Crippen LogP contribution in [-0.2, 0) is 0 Å². The van der Waals surface area contributed by atoms with Crippen molar-refractivity contribution < 1.29 is 4.74 Å². The molecule has 1 aliphatic carbocycles. The minimum Gasteiger partial charge on any atom is -0.497 e. The van der Waals surface area contributed by atoms with Gasteiger partial charge in [0.05, 0.1) is 7.11 Å². The maximum absolute atomic E-state index is 5.26. The van der Waals surface area contributed by atoms with Crippen molar-refractivity contribution in [2.45, 2.75) is 50.7 Å². The maximum Gasteiger partial charge on any atom is 0.118 e. The molecule has 3 atom stereocenters. The molecule has 3 nitrogen and oxygen atoms in total. The van der Waals surface area contributed by atoms with Gasteiger partial charge in [-0.3, -0.25) is 4.90 Å². The van der Waals surface area contributed by atoms with Gasteiger partial charge >= 0.3 is 0 Å². The molecule has 1 N–H and O–H groups in total. The third-order valence-electron chi connectivity index (χ3n) is 5.03. The molecule has 3 rings (SSSR count). The van der Waals surface area contributed by atoms with E-state index in [-0.39, 0.29) is 0 Å². The molecule has 2 aliphatic rings. The predicted molar refractivity (Wildman–Crippen MR) is 82.2 cm³/mol. The molecule has 20 heavy (non-hydrogen) atoms. The summed E-state index contributed by atoms with van der Waals surface area (Å²) in [6.45, 7) is 4.63. The second-order valence-electron chi connectivity index (χ2n) is 6.10. The van der Waals surface area contributed by atoms with E-state index in [1.807, 2.05) is 0 Å². The fraction of sp³-hybridized carbons (Fsp3) is 0.647. The van der Waals surface area contributed by atoms with Crippen LogP contribution < -0.4 is 10.1 Å². The number of piperazine rings is 1. The van der Waals surface area contributed by atoms with Crippen molar-refractivity contribution in [1.29, 1.82) is 0 Å². The molecule has 0 bridgehead atoms. The summed E-state index contributed by atoms with van der Waals surface area (Å²) < 4.78 is 5.26. The van der Waals surface area contributed by atoms with Gasteiger partial charge in [0.15, 0.2) is 0 Å². The molecule has 3 heteroatoms. The van der Waals surface area contributed by atoms with Gasteiger partial charge in [-0.2, -0.15) is 0 Å². The molecule has 0 aromatic heterocycles. The summed E-state index contributed by atoms with van der Waals surface area (Å²) in [6.07, 6.45) is 5.46. The Morgan fingerprint density at radius 3 is 2.70 bits per heavy atom. The summed E-state index contributed by atoms with van der Waals surface area (Å²) >= 11 is 0. The van der Waals surface area contributed by atoms with Crippen LogP contribution >= 0.6 is 0 Å². The van der Waals surface area contributed by atoms with Gasteiger partial charge in [0.2, 0.25) is 0 Å². The van der Waals surface area contributed by atoms with Crippen molar-refractivity contribution in [2.24, 2.45) is 0 Å². The summed E-state index contributed by atoms with van der Waals surface area (Å²) in [5, 5.41) is 3.71. The fourth-order valence-electron chi connectivity index (χ4n) is 3.85. The highest BCUT2D eigenvalue weighted by Crippen LogP contribution is 2.32. The van der Waals surface area contributed by atoms with Crippen LogP contribution in [0.1, 0.15) is 44.2 Å². The van der Waals surface area contributed by atoms with Gasteiger partial charge in [0.25, 0.3) is 0 Å². The van der Waals surface area contributed by atoms with E-state index < -0.39 is 0 Å². The van der Waals surface area contributed by atoms with Gasteiger partial charge in [0, 0.05) is 31.2 Å². The normalized spacial score (nSPS) is 28.7. The smallest absolute Gasteiger partial charge is 0.118 e. The van der Waals surface area contributed by atoms with Gasteiger partial charge in [0.1, 0.15) is 5.75 Å². The van der Waals surface area contributed by atoms with Gasteiger partial charge in [-0.25, -0.2) is 0 Å². The number of nitrogens with zero attached hydrogens (tertiary/aromatic N) is 1. The zero-order valence-electron chi connectivity index (χ0n) is 12.6. The van der Waals surface area contributed by atoms with Crippen LogP contribution in [0, 0.1) is 0 Å². The zero-order valence-corrected chi connectivity index (χ0v) is 12.6. The average Bonchev–Trinajstić information content (AvgIpc) is 2.54. The van der Waals surface area contributed by atoms with Crippen LogP contribution in [0.4, 0.5) is 0 Å². The lowest BCUT2D eigenvalue weighted by molar-refractivity contribution is 0.0550. The first-order valence-electron chi connectivity index (χ1n) is 7.92. The Hall–Kier alpha value is -1.06. The molecular weight excluding hydrogens is 248 g/mol. The molecule has 110 valence electrons. The van der Waals surface area contributed by atoms with E-state index in [1.54, 1.807) is 7.11 Å². The Kier molecular flexibility index (Phi) is 4.27. The van der Waals surface area contributed by atoms with Crippen LogP contribution in [0.2, 0.25) is 0 Å². The van der Waals surface area contributed by atoms with E-state index >= 15 is 0 Å². The highest BCUT2D eigenvalue weighted by molar-refractivity contribution is 5.29. The molecule has 1 aliphatic heterocycles. The van der Waals surface area contributed by atoms with Gasteiger partial charge in [-0.15, -0.1) is 0 Å². The Morgan fingerprint density at radius 1 is 1.20 bits per heavy atom. The average molecular weight is 274 g/mol. The SMILES string of the molecule is COc1ccc([C@H](C)N2CCN[C@@H]3CCCC[C@@H]32)cc1. The fourth-order valence-corrected chi connectivity index (χ4v) is 3.85. The van der Waals surface area contributed by atoms with Crippen LogP contribution in [-0.4, -0.2) is 37.2 Å². The topological polar surface area (TPSA) is 24.5 Å². The van der Waals surface area contributed by atoms with Gasteiger partial charge in [-0.05, 0) is 37.5 Å². The maximum atomic E-state index is 5.26. The molecular formula is C17H26N2O. The first kappa shape index (κ1) is 13.9. The van der Waals surface area contributed by atoms with Gasteiger partial charge < -0.3 is 10.1 Å². The van der Waals surface area contributed by atoms with E-state index in [0.717, 1.165) is 24.9 Å². The first-order valence-corrected chi connectivity index (χ1v) is 7.92. The number of ether oxygens (including phenoxy) is 1. The summed E-state index contributed by atoms with van der Waals surface area (Å²) in [6, 6.07) is 10.5. The second-order valence-corrected chi connectivity index (χ2v) is 6.10. The van der Waals surface area contributed by atoms with Crippen molar-refractivity contribution in [1.82, 2.24) is 10.2 Å². The summed E-state index contributed by atoms with van der Waals surface area (Å²) in [4.78, 5) is 2.71. The third-order valence-corrected chi connectivity index (χ3v) is 5.03. The lowest BCUT2D eigenvalue weighted by Gasteiger charge is -2.47. The van der Waals surface area contributed by atoms with E-state index in [9.17, 15) is 0 Å². The van der Waals surface area contributed by atoms with Crippen molar-refractivity contribution >= 4 is 0 Å². The third kappa shape index (κ3) is 2.70. The molecule has 1 aromatic rings. The first-order chi connectivity index (χ1) is 9.79. The number of fused-ring (bicyclic) bond motifs is 1. The number of hydrogen-bond acceptors (Lipinski definition) is 3. The lowest BCUT2D eigenvalue weighted by Crippen LogP contribution is -2.59. The molecule has 0 amide bonds. The second kappa shape index (κ2) is 6.15. The van der Waals surface area contributed by atoms with E-state index in [1.165, 1.54) is 31.2 Å². The van der Waals surface area contributed by atoms with Crippen LogP contribution in [0.3, 0.4) is 0 Å². The minimum atomic E-state index is 0.494. The number of nitrogens with one attached hydrogen (secondary N) is 1. The summed E-state index contributed by atoms with van der Waals surface area (Å²) in [5.41, 5.74) is 1.40. The van der Waals surface area contributed by atoms with Crippen molar-refractivity contribution in [3.05, 3.63) is 29.8 Å². The van der Waals surface area contributed by atoms with Crippen LogP contribution in [0.5, 0.6) is 5.75 Å². The standard InChI is InChI=1S/C17H26N2O/c1-13(14-7-9-15(20-2)10-8-14)19-12-11-18-16-5-3-4-6-17(16)19/h7-10,13,16-18H,3-6,11-12H2,1-2H3/t13-,16+,17-/m0/s1. The number of benzene rings is 1. The van der Waals surface area contributed by atoms with E-state index in [0.29, 0.717) is 12.1 Å². The highest BCUT2D eigenvalue weighted by Gasteiger charge is 2.35. The number of methoxy groups -OCH3 is 1. The Morgan fingerprint density at radius 2 is 1.95 bits per heavy atom. The molecule has 1 saturated heterocycles. The molecule has 0 radical (unpaired) electrons. The quantitative estimate of drug-likeness (QED) is 0.917. The Balaban J connectivity index is 1.75. The number of hydrogen-bond donors (Lipinski definition) is 1. The van der Waals surface area contributed by atoms with Crippen LogP contribution in [0.15, 0.2) is 24.3 Å². The van der Waals surface area contributed by atoms with E-state index in [2.05, 4.69) is 41.4 Å². The highest BCUT2D eigenvalue weighted by atomic mass is 16.5. The predicted octanol–water partition coefficient (Wildman–Crippen LogP) is 2.97.